The first kappa shape index (κ1) is 13.0. The van der Waals surface area contributed by atoms with E-state index >= 15 is 0 Å². The fourth-order valence-corrected chi connectivity index (χ4v) is 3.13. The summed E-state index contributed by atoms with van der Waals surface area (Å²) in [5, 5.41) is 0. The predicted octanol–water partition coefficient (Wildman–Crippen LogP) is -0.199. The molecule has 18 heavy (non-hydrogen) atoms. The number of nitrogens with two attached hydrogens (primary N) is 2. The molecule has 0 aromatic carbocycles. The van der Waals surface area contributed by atoms with Crippen LogP contribution in [0.1, 0.15) is 27.4 Å². The number of nitrogen functional groups attached to an aromatic ring is 1. The number of likely N-dealkylation sites (tertiary alicyclic amines) is 1. The number of hydrogen-bond acceptors (Lipinski definition) is 5. The number of nitrogens with one attached hydrogen (secondary N) is 1. The van der Waals surface area contributed by atoms with Crippen molar-refractivity contribution in [2.24, 2.45) is 11.6 Å². The minimum atomic E-state index is -0.292. The molecule has 2 amide bonds. The van der Waals surface area contributed by atoms with E-state index in [1.54, 1.807) is 6.07 Å². The predicted molar refractivity (Wildman–Crippen MR) is 68.6 cm³/mol. The highest BCUT2D eigenvalue weighted by molar-refractivity contribution is 7.14. The van der Waals surface area contributed by atoms with Crippen LogP contribution in [0.15, 0.2) is 12.1 Å². The van der Waals surface area contributed by atoms with Crippen LogP contribution >= 0.6 is 11.3 Å². The maximum absolute atomic E-state index is 11.3. The molecular formula is C11H16N4O2S. The number of hydrazine groups is 1. The summed E-state index contributed by atoms with van der Waals surface area (Å²) < 4.78 is 0. The Bertz CT molecular complexity index is 460. The van der Waals surface area contributed by atoms with Gasteiger partial charge in [-0.3, -0.25) is 19.9 Å². The average molecular weight is 268 g/mol. The molecule has 1 fully saturated rings. The van der Waals surface area contributed by atoms with Crippen molar-refractivity contribution in [1.29, 1.82) is 0 Å². The van der Waals surface area contributed by atoms with Crippen molar-refractivity contribution in [2.45, 2.75) is 25.4 Å². The van der Waals surface area contributed by atoms with Crippen molar-refractivity contribution >= 4 is 23.2 Å². The van der Waals surface area contributed by atoms with Crippen molar-refractivity contribution in [3.8, 4) is 0 Å². The Morgan fingerprint density at radius 1 is 1.50 bits per heavy atom. The van der Waals surface area contributed by atoms with Gasteiger partial charge in [-0.15, -0.1) is 11.3 Å². The lowest BCUT2D eigenvalue weighted by Gasteiger charge is -2.20. The first-order valence-electron chi connectivity index (χ1n) is 5.75. The summed E-state index contributed by atoms with van der Waals surface area (Å²) in [6, 6.07) is 3.43. The van der Waals surface area contributed by atoms with Gasteiger partial charge in [-0.2, -0.15) is 0 Å². The third-order valence-electron chi connectivity index (χ3n) is 3.07. The molecule has 1 aliphatic rings. The van der Waals surface area contributed by atoms with Gasteiger partial charge in [0, 0.05) is 11.4 Å². The van der Waals surface area contributed by atoms with E-state index in [0.717, 1.165) is 24.3 Å². The van der Waals surface area contributed by atoms with Gasteiger partial charge >= 0.3 is 0 Å². The molecule has 1 unspecified atom stereocenters. The summed E-state index contributed by atoms with van der Waals surface area (Å²) in [4.78, 5) is 26.2. The fourth-order valence-electron chi connectivity index (χ4n) is 2.19. The molecule has 1 atom stereocenters. The Labute approximate surface area is 109 Å². The van der Waals surface area contributed by atoms with E-state index in [-0.39, 0.29) is 17.9 Å². The fraction of sp³-hybridized carbons (Fsp3) is 0.455. The minimum Gasteiger partial charge on any atom is -0.368 e. The van der Waals surface area contributed by atoms with E-state index in [2.05, 4.69) is 10.3 Å². The number of hydrogen-bond donors (Lipinski definition) is 3. The highest BCUT2D eigenvalue weighted by Crippen LogP contribution is 2.23. The molecule has 98 valence electrons. The normalized spacial score (nSPS) is 19.9. The van der Waals surface area contributed by atoms with Gasteiger partial charge in [0.15, 0.2) is 0 Å². The van der Waals surface area contributed by atoms with Gasteiger partial charge in [-0.1, -0.05) is 0 Å². The monoisotopic (exact) mass is 268 g/mol. The summed E-state index contributed by atoms with van der Waals surface area (Å²) in [5.74, 6) is 4.51. The maximum atomic E-state index is 11.3. The number of carbonyl (C=O) groups is 2. The molecule has 0 aliphatic carbocycles. The van der Waals surface area contributed by atoms with Crippen LogP contribution in [0.3, 0.4) is 0 Å². The number of primary amides is 1. The standard InChI is InChI=1S/C11H16N4O2S/c12-10(16)8-2-1-5-15(8)6-7-3-4-9(18-7)11(17)14-13/h3-4,8H,1-2,5-6,13H2,(H2,12,16)(H,14,17). The van der Waals surface area contributed by atoms with Crippen LogP contribution in [0.5, 0.6) is 0 Å². The quantitative estimate of drug-likeness (QED) is 0.400. The molecular weight excluding hydrogens is 252 g/mol. The first-order chi connectivity index (χ1) is 8.61. The van der Waals surface area contributed by atoms with Crippen LogP contribution in [-0.4, -0.2) is 29.3 Å². The first-order valence-corrected chi connectivity index (χ1v) is 6.56. The zero-order valence-electron chi connectivity index (χ0n) is 9.89. The number of thiophene rings is 1. The zero-order valence-corrected chi connectivity index (χ0v) is 10.7. The number of carbonyl (C=O) groups excluding carboxylic acids is 2. The smallest absolute Gasteiger partial charge is 0.275 e. The third kappa shape index (κ3) is 2.69. The zero-order chi connectivity index (χ0) is 13.1. The number of rotatable bonds is 4. The maximum Gasteiger partial charge on any atom is 0.275 e. The highest BCUT2D eigenvalue weighted by atomic mass is 32.1. The molecule has 1 aromatic heterocycles. The Morgan fingerprint density at radius 3 is 2.94 bits per heavy atom. The molecule has 1 aromatic rings. The molecule has 2 heterocycles. The molecule has 1 aliphatic heterocycles. The average Bonchev–Trinajstić information content (AvgIpc) is 2.97. The summed E-state index contributed by atoms with van der Waals surface area (Å²) in [6.07, 6.45) is 1.80. The van der Waals surface area contributed by atoms with Gasteiger partial charge in [-0.25, -0.2) is 5.84 Å². The van der Waals surface area contributed by atoms with Crippen molar-refractivity contribution < 1.29 is 9.59 Å². The van der Waals surface area contributed by atoms with Crippen molar-refractivity contribution in [3.05, 3.63) is 21.9 Å². The van der Waals surface area contributed by atoms with Crippen LogP contribution in [0.2, 0.25) is 0 Å². The molecule has 0 radical (unpaired) electrons. The summed E-state index contributed by atoms with van der Waals surface area (Å²) in [5.41, 5.74) is 7.46. The largest absolute Gasteiger partial charge is 0.368 e. The molecule has 0 bridgehead atoms. The van der Waals surface area contributed by atoms with Gasteiger partial charge < -0.3 is 5.73 Å². The van der Waals surface area contributed by atoms with Crippen LogP contribution in [0.4, 0.5) is 0 Å². The third-order valence-corrected chi connectivity index (χ3v) is 4.14. The lowest BCUT2D eigenvalue weighted by Crippen LogP contribution is -2.39. The molecule has 5 N–H and O–H groups in total. The number of nitrogens with zero attached hydrogens (tertiary/aromatic N) is 1. The van der Waals surface area contributed by atoms with Gasteiger partial charge in [0.05, 0.1) is 10.9 Å². The van der Waals surface area contributed by atoms with E-state index in [9.17, 15) is 9.59 Å². The topological polar surface area (TPSA) is 101 Å². The van der Waals surface area contributed by atoms with E-state index in [4.69, 9.17) is 11.6 Å². The molecule has 7 heteroatoms. The summed E-state index contributed by atoms with van der Waals surface area (Å²) >= 11 is 1.38. The van der Waals surface area contributed by atoms with E-state index in [0.29, 0.717) is 11.4 Å². The SMILES string of the molecule is NNC(=O)c1ccc(CN2CCCC2C(N)=O)s1. The van der Waals surface area contributed by atoms with Crippen molar-refractivity contribution in [3.63, 3.8) is 0 Å². The second-order valence-electron chi connectivity index (χ2n) is 4.27. The van der Waals surface area contributed by atoms with Gasteiger partial charge in [0.2, 0.25) is 5.91 Å². The van der Waals surface area contributed by atoms with Gasteiger partial charge in [0.25, 0.3) is 5.91 Å². The Kier molecular flexibility index (Phi) is 3.95. The Morgan fingerprint density at radius 2 is 2.28 bits per heavy atom. The summed E-state index contributed by atoms with van der Waals surface area (Å²) in [6.45, 7) is 1.51. The molecule has 0 spiro atoms. The Balaban J connectivity index is 2.03. The minimum absolute atomic E-state index is 0.182. The van der Waals surface area contributed by atoms with E-state index < -0.39 is 0 Å². The van der Waals surface area contributed by atoms with Crippen molar-refractivity contribution in [2.75, 3.05) is 6.54 Å². The van der Waals surface area contributed by atoms with Crippen LogP contribution < -0.4 is 17.0 Å². The highest BCUT2D eigenvalue weighted by Gasteiger charge is 2.29. The molecule has 0 saturated carbocycles. The lowest BCUT2D eigenvalue weighted by atomic mass is 10.2. The number of amides is 2. The molecule has 2 rings (SSSR count). The van der Waals surface area contributed by atoms with Gasteiger partial charge in [0.1, 0.15) is 0 Å². The second kappa shape index (κ2) is 5.47. The molecule has 6 nitrogen and oxygen atoms in total. The second-order valence-corrected chi connectivity index (χ2v) is 5.44. The Hall–Kier alpha value is -1.44. The van der Waals surface area contributed by atoms with E-state index in [1.165, 1.54) is 11.3 Å². The molecule has 1 saturated heterocycles. The summed E-state index contributed by atoms with van der Waals surface area (Å²) in [7, 11) is 0. The van der Waals surface area contributed by atoms with Crippen LogP contribution in [-0.2, 0) is 11.3 Å². The lowest BCUT2D eigenvalue weighted by molar-refractivity contribution is -0.122. The van der Waals surface area contributed by atoms with Crippen LogP contribution in [0.25, 0.3) is 0 Å². The van der Waals surface area contributed by atoms with Crippen LogP contribution in [0, 0.1) is 0 Å². The van der Waals surface area contributed by atoms with Gasteiger partial charge in [-0.05, 0) is 31.5 Å². The van der Waals surface area contributed by atoms with Crippen molar-refractivity contribution in [1.82, 2.24) is 10.3 Å². The van der Waals surface area contributed by atoms with E-state index in [1.807, 2.05) is 6.07 Å².